The lowest BCUT2D eigenvalue weighted by atomic mass is 10.4. The van der Waals surface area contributed by atoms with Gasteiger partial charge in [0.05, 0.1) is 4.47 Å². The van der Waals surface area contributed by atoms with Crippen molar-refractivity contribution in [3.8, 4) is 0 Å². The summed E-state index contributed by atoms with van der Waals surface area (Å²) in [5.41, 5.74) is 0. The molecule has 1 aromatic heterocycles. The van der Waals surface area contributed by atoms with Crippen LogP contribution in [-0.4, -0.2) is 4.98 Å². The van der Waals surface area contributed by atoms with E-state index in [1.54, 1.807) is 0 Å². The van der Waals surface area contributed by atoms with Crippen molar-refractivity contribution in [3.63, 3.8) is 0 Å². The Morgan fingerprint density at radius 2 is 1.73 bits per heavy atom. The third-order valence-corrected chi connectivity index (χ3v) is 2.17. The molecule has 11 heavy (non-hydrogen) atoms. The summed E-state index contributed by atoms with van der Waals surface area (Å²) in [7, 11) is 0. The predicted octanol–water partition coefficient (Wildman–Crippen LogP) is 2.91. The van der Waals surface area contributed by atoms with E-state index in [4.69, 9.17) is 11.6 Å². The number of pyridine rings is 1. The molecule has 0 bridgehead atoms. The minimum Gasteiger partial charge on any atom is -0.204 e. The molecule has 0 aliphatic rings. The Labute approximate surface area is 73.3 Å². The van der Waals surface area contributed by atoms with Gasteiger partial charge in [-0.1, -0.05) is 11.6 Å². The zero-order chi connectivity index (χ0) is 8.59. The van der Waals surface area contributed by atoms with E-state index in [0.717, 1.165) is 0 Å². The van der Waals surface area contributed by atoms with Gasteiger partial charge in [0.1, 0.15) is 5.15 Å². The topological polar surface area (TPSA) is 12.9 Å². The Kier molecular flexibility index (Phi) is 2.39. The van der Waals surface area contributed by atoms with E-state index in [-0.39, 0.29) is 4.47 Å². The first kappa shape index (κ1) is 8.80. The van der Waals surface area contributed by atoms with E-state index in [9.17, 15) is 13.2 Å². The highest BCUT2D eigenvalue weighted by molar-refractivity contribution is 9.10. The lowest BCUT2D eigenvalue weighted by molar-refractivity contribution is 0.424. The smallest absolute Gasteiger partial charge is 0.204 e. The molecular weight excluding hydrogens is 246 g/mol. The Hall–Kier alpha value is -0.290. The minimum absolute atomic E-state index is 0.377. The first-order valence-corrected chi connectivity index (χ1v) is 3.56. The zero-order valence-electron chi connectivity index (χ0n) is 4.84. The molecule has 0 radical (unpaired) electrons. The van der Waals surface area contributed by atoms with Crippen LogP contribution in [0.3, 0.4) is 0 Å². The maximum absolute atomic E-state index is 12.5. The fourth-order valence-electron chi connectivity index (χ4n) is 0.462. The van der Waals surface area contributed by atoms with Crippen molar-refractivity contribution in [1.29, 1.82) is 0 Å². The van der Waals surface area contributed by atoms with Gasteiger partial charge in [0.2, 0.25) is 5.82 Å². The molecule has 0 unspecified atom stereocenters. The predicted molar refractivity (Wildman–Crippen MR) is 36.8 cm³/mol. The second-order valence-corrected chi connectivity index (χ2v) is 2.79. The second-order valence-electron chi connectivity index (χ2n) is 1.64. The lowest BCUT2D eigenvalue weighted by Crippen LogP contribution is -1.96. The molecule has 6 heteroatoms. The second kappa shape index (κ2) is 2.98. The van der Waals surface area contributed by atoms with Gasteiger partial charge in [-0.2, -0.15) is 8.78 Å². The van der Waals surface area contributed by atoms with Crippen LogP contribution in [0.4, 0.5) is 13.2 Å². The molecule has 1 rings (SSSR count). The molecule has 0 atom stereocenters. The summed E-state index contributed by atoms with van der Waals surface area (Å²) in [5.74, 6) is -4.56. The Balaban J connectivity index is 3.46. The summed E-state index contributed by atoms with van der Waals surface area (Å²) >= 11 is 7.77. The molecule has 1 heterocycles. The van der Waals surface area contributed by atoms with E-state index in [1.165, 1.54) is 0 Å². The average molecular weight is 246 g/mol. The average Bonchev–Trinajstić information content (AvgIpc) is 1.97. The van der Waals surface area contributed by atoms with Crippen LogP contribution in [0, 0.1) is 17.6 Å². The Morgan fingerprint density at radius 1 is 1.18 bits per heavy atom. The van der Waals surface area contributed by atoms with Crippen LogP contribution >= 0.6 is 27.5 Å². The Morgan fingerprint density at radius 3 is 2.27 bits per heavy atom. The van der Waals surface area contributed by atoms with Crippen LogP contribution in [-0.2, 0) is 0 Å². The normalized spacial score (nSPS) is 10.3. The summed E-state index contributed by atoms with van der Waals surface area (Å²) in [6.07, 6.45) is 0. The van der Waals surface area contributed by atoms with Crippen LogP contribution in [0.1, 0.15) is 0 Å². The molecular formula is C5BrClF3N. The highest BCUT2D eigenvalue weighted by atomic mass is 79.9. The van der Waals surface area contributed by atoms with Gasteiger partial charge in [0.15, 0.2) is 5.82 Å². The number of rotatable bonds is 0. The van der Waals surface area contributed by atoms with Gasteiger partial charge in [-0.15, -0.1) is 0 Å². The van der Waals surface area contributed by atoms with Gasteiger partial charge in [0.25, 0.3) is 5.95 Å². The molecule has 1 nitrogen and oxygen atoms in total. The zero-order valence-corrected chi connectivity index (χ0v) is 7.18. The van der Waals surface area contributed by atoms with Crippen LogP contribution in [0.5, 0.6) is 0 Å². The van der Waals surface area contributed by atoms with Crippen molar-refractivity contribution >= 4 is 27.5 Å². The van der Waals surface area contributed by atoms with Crippen LogP contribution in [0.15, 0.2) is 4.47 Å². The van der Waals surface area contributed by atoms with Crippen molar-refractivity contribution in [2.45, 2.75) is 0 Å². The van der Waals surface area contributed by atoms with Crippen molar-refractivity contribution in [1.82, 2.24) is 4.98 Å². The molecule has 0 fully saturated rings. The lowest BCUT2D eigenvalue weighted by Gasteiger charge is -1.98. The summed E-state index contributed by atoms with van der Waals surface area (Å²) < 4.78 is 36.5. The van der Waals surface area contributed by atoms with E-state index < -0.39 is 22.7 Å². The third-order valence-electron chi connectivity index (χ3n) is 0.944. The van der Waals surface area contributed by atoms with Crippen molar-refractivity contribution in [2.24, 2.45) is 0 Å². The molecule has 0 aromatic carbocycles. The highest BCUT2D eigenvalue weighted by Crippen LogP contribution is 2.25. The molecule has 0 aliphatic heterocycles. The van der Waals surface area contributed by atoms with Gasteiger partial charge in [0, 0.05) is 0 Å². The molecule has 0 saturated heterocycles. The maximum atomic E-state index is 12.5. The monoisotopic (exact) mass is 245 g/mol. The molecule has 1 aromatic rings. The molecule has 0 aliphatic carbocycles. The van der Waals surface area contributed by atoms with Gasteiger partial charge in [-0.3, -0.25) is 0 Å². The molecule has 0 N–H and O–H groups in total. The first-order chi connectivity index (χ1) is 5.04. The fourth-order valence-corrected chi connectivity index (χ4v) is 0.882. The van der Waals surface area contributed by atoms with Crippen LogP contribution in [0.25, 0.3) is 0 Å². The summed E-state index contributed by atoms with van der Waals surface area (Å²) in [6.45, 7) is 0. The van der Waals surface area contributed by atoms with E-state index in [1.807, 2.05) is 0 Å². The molecule has 0 saturated carbocycles. The number of halogens is 5. The number of aromatic nitrogens is 1. The summed E-state index contributed by atoms with van der Waals surface area (Å²) in [5, 5.41) is -0.443. The van der Waals surface area contributed by atoms with Crippen molar-refractivity contribution in [2.75, 3.05) is 0 Å². The highest BCUT2D eigenvalue weighted by Gasteiger charge is 2.16. The summed E-state index contributed by atoms with van der Waals surface area (Å²) in [4.78, 5) is 2.87. The van der Waals surface area contributed by atoms with E-state index >= 15 is 0 Å². The first-order valence-electron chi connectivity index (χ1n) is 2.39. The maximum Gasteiger partial charge on any atom is 0.253 e. The molecule has 0 spiro atoms. The molecule has 60 valence electrons. The van der Waals surface area contributed by atoms with Gasteiger partial charge in [-0.25, -0.2) is 9.37 Å². The number of hydrogen-bond donors (Lipinski definition) is 0. The third kappa shape index (κ3) is 1.49. The Bertz CT molecular complexity index is 278. The fraction of sp³-hybridized carbons (Fsp3) is 0. The van der Waals surface area contributed by atoms with Gasteiger partial charge < -0.3 is 0 Å². The minimum atomic E-state index is -1.64. The largest absolute Gasteiger partial charge is 0.253 e. The SMILES string of the molecule is Fc1nc(Cl)c(Br)c(F)c1F. The number of nitrogens with zero attached hydrogens (tertiary/aromatic N) is 1. The molecule has 0 amide bonds. The van der Waals surface area contributed by atoms with Gasteiger partial charge >= 0.3 is 0 Å². The van der Waals surface area contributed by atoms with E-state index in [0.29, 0.717) is 0 Å². The quantitative estimate of drug-likeness (QED) is 0.641. The summed E-state index contributed by atoms with van der Waals surface area (Å²) in [6, 6.07) is 0. The number of hydrogen-bond acceptors (Lipinski definition) is 1. The van der Waals surface area contributed by atoms with E-state index in [2.05, 4.69) is 20.9 Å². The van der Waals surface area contributed by atoms with Crippen molar-refractivity contribution < 1.29 is 13.2 Å². The van der Waals surface area contributed by atoms with Crippen LogP contribution in [0.2, 0.25) is 5.15 Å². The van der Waals surface area contributed by atoms with Crippen LogP contribution < -0.4 is 0 Å². The standard InChI is InChI=1S/C5BrClF3N/c6-1-2(8)3(9)5(10)11-4(1)7. The van der Waals surface area contributed by atoms with Crippen molar-refractivity contribution in [3.05, 3.63) is 27.2 Å². The van der Waals surface area contributed by atoms with Gasteiger partial charge in [-0.05, 0) is 15.9 Å².